The third-order valence-corrected chi connectivity index (χ3v) is 2.63. The Balaban J connectivity index is 2.52. The molecule has 0 aliphatic carbocycles. The van der Waals surface area contributed by atoms with Crippen LogP contribution in [0.5, 0.6) is 0 Å². The summed E-state index contributed by atoms with van der Waals surface area (Å²) >= 11 is 0. The number of carbonyl (C=O) groups is 1. The third kappa shape index (κ3) is 4.05. The number of unbranched alkanes of at least 4 members (excludes halogenated alkanes) is 3. The van der Waals surface area contributed by atoms with Crippen molar-refractivity contribution in [3.63, 3.8) is 0 Å². The topological polar surface area (TPSA) is 20.3 Å². The number of nitrogens with zero attached hydrogens (tertiary/aromatic N) is 1. The lowest BCUT2D eigenvalue weighted by atomic mass is 10.2. The Morgan fingerprint density at radius 2 is 1.94 bits per heavy atom. The summed E-state index contributed by atoms with van der Waals surface area (Å²) in [6.07, 6.45) is 4.74. The molecule has 0 N–H and O–H groups in total. The Morgan fingerprint density at radius 1 is 1.25 bits per heavy atom. The van der Waals surface area contributed by atoms with Crippen molar-refractivity contribution >= 4 is 11.6 Å². The quantitative estimate of drug-likeness (QED) is 0.670. The normalized spacial score (nSPS) is 10.1. The molecule has 1 amide bonds. The van der Waals surface area contributed by atoms with E-state index in [1.165, 1.54) is 19.3 Å². The van der Waals surface area contributed by atoms with Gasteiger partial charge in [-0.15, -0.1) is 0 Å². The van der Waals surface area contributed by atoms with Gasteiger partial charge >= 0.3 is 0 Å². The Kier molecular flexibility index (Phi) is 5.62. The highest BCUT2D eigenvalue weighted by Crippen LogP contribution is 2.14. The Bertz CT molecular complexity index is 308. The fourth-order valence-electron chi connectivity index (χ4n) is 1.72. The summed E-state index contributed by atoms with van der Waals surface area (Å²) in [4.78, 5) is 13.4. The van der Waals surface area contributed by atoms with Gasteiger partial charge in [-0.25, -0.2) is 0 Å². The van der Waals surface area contributed by atoms with E-state index in [0.717, 1.165) is 18.7 Å². The lowest BCUT2D eigenvalue weighted by molar-refractivity contribution is -0.116. The SMILES string of the molecule is CCCCCCN(C(C)=O)c1cc[c]cc1. The second-order valence-electron chi connectivity index (χ2n) is 3.99. The summed E-state index contributed by atoms with van der Waals surface area (Å²) < 4.78 is 0. The molecule has 0 saturated heterocycles. The number of hydrogen-bond donors (Lipinski definition) is 0. The van der Waals surface area contributed by atoms with E-state index in [2.05, 4.69) is 13.0 Å². The number of amides is 1. The van der Waals surface area contributed by atoms with Gasteiger partial charge in [-0.1, -0.05) is 38.3 Å². The van der Waals surface area contributed by atoms with Crippen LogP contribution in [0, 0.1) is 6.07 Å². The number of hydrogen-bond acceptors (Lipinski definition) is 1. The second kappa shape index (κ2) is 7.04. The molecule has 16 heavy (non-hydrogen) atoms. The molecule has 1 radical (unpaired) electrons. The van der Waals surface area contributed by atoms with Crippen LogP contribution in [0.3, 0.4) is 0 Å². The average molecular weight is 218 g/mol. The van der Waals surface area contributed by atoms with Gasteiger partial charge in [0.2, 0.25) is 5.91 Å². The molecule has 1 aromatic rings. The van der Waals surface area contributed by atoms with E-state index in [9.17, 15) is 4.79 Å². The van der Waals surface area contributed by atoms with E-state index >= 15 is 0 Å². The van der Waals surface area contributed by atoms with Gasteiger partial charge < -0.3 is 4.90 Å². The van der Waals surface area contributed by atoms with Crippen molar-refractivity contribution in [2.24, 2.45) is 0 Å². The van der Waals surface area contributed by atoms with E-state index < -0.39 is 0 Å². The van der Waals surface area contributed by atoms with E-state index in [0.29, 0.717) is 0 Å². The molecule has 0 atom stereocenters. The molecule has 0 fully saturated rings. The first-order chi connectivity index (χ1) is 7.75. The zero-order valence-electron chi connectivity index (χ0n) is 10.2. The van der Waals surface area contributed by atoms with Crippen molar-refractivity contribution in [2.45, 2.75) is 39.5 Å². The molecule has 0 unspecified atom stereocenters. The van der Waals surface area contributed by atoms with Crippen molar-refractivity contribution in [1.29, 1.82) is 0 Å². The first-order valence-corrected chi connectivity index (χ1v) is 6.00. The van der Waals surface area contributed by atoms with Crippen LogP contribution in [0.2, 0.25) is 0 Å². The molecular weight excluding hydrogens is 198 g/mol. The lowest BCUT2D eigenvalue weighted by Gasteiger charge is -2.20. The summed E-state index contributed by atoms with van der Waals surface area (Å²) in [7, 11) is 0. The van der Waals surface area contributed by atoms with Crippen LogP contribution >= 0.6 is 0 Å². The fourth-order valence-corrected chi connectivity index (χ4v) is 1.72. The van der Waals surface area contributed by atoms with Gasteiger partial charge in [0.05, 0.1) is 0 Å². The highest BCUT2D eigenvalue weighted by molar-refractivity contribution is 5.91. The minimum atomic E-state index is 0.114. The van der Waals surface area contributed by atoms with E-state index in [4.69, 9.17) is 0 Å². The first kappa shape index (κ1) is 12.8. The van der Waals surface area contributed by atoms with E-state index in [1.54, 1.807) is 6.92 Å². The summed E-state index contributed by atoms with van der Waals surface area (Å²) in [6, 6.07) is 10.5. The summed E-state index contributed by atoms with van der Waals surface area (Å²) in [5.41, 5.74) is 0.975. The predicted molar refractivity (Wildman–Crippen MR) is 67.4 cm³/mol. The van der Waals surface area contributed by atoms with Gasteiger partial charge in [-0.2, -0.15) is 0 Å². The zero-order chi connectivity index (χ0) is 11.8. The maximum Gasteiger partial charge on any atom is 0.223 e. The first-order valence-electron chi connectivity index (χ1n) is 6.00. The van der Waals surface area contributed by atoms with Crippen LogP contribution in [0.1, 0.15) is 39.5 Å². The van der Waals surface area contributed by atoms with Gasteiger partial charge in [0.25, 0.3) is 0 Å². The predicted octanol–water partition coefficient (Wildman–Crippen LogP) is 3.42. The summed E-state index contributed by atoms with van der Waals surface area (Å²) in [6.45, 7) is 4.63. The molecule has 0 heterocycles. The number of rotatable bonds is 6. The maximum absolute atomic E-state index is 11.5. The Labute approximate surface area is 98.3 Å². The van der Waals surface area contributed by atoms with Crippen molar-refractivity contribution < 1.29 is 4.79 Å². The minimum Gasteiger partial charge on any atom is -0.313 e. The van der Waals surface area contributed by atoms with Crippen LogP contribution in [-0.2, 0) is 4.79 Å². The van der Waals surface area contributed by atoms with Gasteiger partial charge in [-0.3, -0.25) is 4.79 Å². The Hall–Kier alpha value is -1.31. The minimum absolute atomic E-state index is 0.114. The summed E-state index contributed by atoms with van der Waals surface area (Å²) in [5, 5.41) is 0. The molecule has 1 rings (SSSR count). The van der Waals surface area contributed by atoms with Crippen LogP contribution in [0.25, 0.3) is 0 Å². The number of benzene rings is 1. The maximum atomic E-state index is 11.5. The van der Waals surface area contributed by atoms with Crippen LogP contribution in [0.15, 0.2) is 24.3 Å². The molecule has 0 aromatic heterocycles. The fraction of sp³-hybridized carbons (Fsp3) is 0.500. The molecule has 1 aromatic carbocycles. The monoisotopic (exact) mass is 218 g/mol. The number of carbonyl (C=O) groups excluding carboxylic acids is 1. The largest absolute Gasteiger partial charge is 0.313 e. The molecule has 0 spiro atoms. The standard InChI is InChI=1S/C14H20NO/c1-3-4-5-9-12-15(13(2)16)14-10-7-6-8-11-14/h7-8,10-11H,3-5,9,12H2,1-2H3. The summed E-state index contributed by atoms with van der Waals surface area (Å²) in [5.74, 6) is 0.114. The molecule has 87 valence electrons. The molecule has 0 bridgehead atoms. The molecule has 2 nitrogen and oxygen atoms in total. The van der Waals surface area contributed by atoms with E-state index in [1.807, 2.05) is 29.2 Å². The van der Waals surface area contributed by atoms with Crippen LogP contribution in [0.4, 0.5) is 5.69 Å². The highest BCUT2D eigenvalue weighted by atomic mass is 16.2. The van der Waals surface area contributed by atoms with E-state index in [-0.39, 0.29) is 5.91 Å². The average Bonchev–Trinajstić information content (AvgIpc) is 2.30. The van der Waals surface area contributed by atoms with Gasteiger partial charge in [-0.05, 0) is 24.6 Å². The third-order valence-electron chi connectivity index (χ3n) is 2.63. The van der Waals surface area contributed by atoms with Gasteiger partial charge in [0.15, 0.2) is 0 Å². The lowest BCUT2D eigenvalue weighted by Crippen LogP contribution is -2.29. The molecule has 2 heteroatoms. The highest BCUT2D eigenvalue weighted by Gasteiger charge is 2.09. The second-order valence-corrected chi connectivity index (χ2v) is 3.99. The van der Waals surface area contributed by atoms with Gasteiger partial charge in [0.1, 0.15) is 0 Å². The smallest absolute Gasteiger partial charge is 0.223 e. The van der Waals surface area contributed by atoms with Crippen molar-refractivity contribution in [2.75, 3.05) is 11.4 Å². The molecule has 0 aliphatic rings. The van der Waals surface area contributed by atoms with Crippen LogP contribution in [-0.4, -0.2) is 12.5 Å². The van der Waals surface area contributed by atoms with Crippen molar-refractivity contribution in [3.05, 3.63) is 30.3 Å². The van der Waals surface area contributed by atoms with Crippen LogP contribution < -0.4 is 4.90 Å². The zero-order valence-corrected chi connectivity index (χ0v) is 10.2. The molecule has 0 aliphatic heterocycles. The molecule has 0 saturated carbocycles. The van der Waals surface area contributed by atoms with Gasteiger partial charge in [0, 0.05) is 19.2 Å². The molecular formula is C14H20NO. The Morgan fingerprint density at radius 3 is 2.50 bits per heavy atom. The number of anilines is 1. The van der Waals surface area contributed by atoms with Crippen molar-refractivity contribution in [3.8, 4) is 0 Å². The van der Waals surface area contributed by atoms with Crippen molar-refractivity contribution in [1.82, 2.24) is 0 Å².